The standard InChI is InChI=1S/C21H28N4O3S/c1-15-13-25-19(27)16(12-22-20(25)29-15)18(26)24-10-11-28-21(14-24)7-3-2-6-17(21)23-8-4-5-9-23/h12-13,17H,2-11,14H2,1H3/t17-,21+/m0/s1. The van der Waals surface area contributed by atoms with E-state index in [1.165, 1.54) is 41.2 Å². The lowest BCUT2D eigenvalue weighted by Gasteiger charge is -2.52. The van der Waals surface area contributed by atoms with E-state index in [1.54, 1.807) is 6.20 Å². The zero-order valence-electron chi connectivity index (χ0n) is 16.9. The summed E-state index contributed by atoms with van der Waals surface area (Å²) in [5.41, 5.74) is -0.418. The van der Waals surface area contributed by atoms with E-state index >= 15 is 0 Å². The maximum atomic E-state index is 13.3. The number of carbonyl (C=O) groups is 1. The first-order valence-corrected chi connectivity index (χ1v) is 11.5. The van der Waals surface area contributed by atoms with E-state index in [0.717, 1.165) is 37.2 Å². The van der Waals surface area contributed by atoms with E-state index < -0.39 is 0 Å². The molecule has 5 rings (SSSR count). The second kappa shape index (κ2) is 7.49. The summed E-state index contributed by atoms with van der Waals surface area (Å²) < 4.78 is 7.92. The molecule has 1 aliphatic carbocycles. The number of rotatable bonds is 2. The Bertz CT molecular complexity index is 976. The molecule has 1 saturated carbocycles. The highest BCUT2D eigenvalue weighted by atomic mass is 32.1. The quantitative estimate of drug-likeness (QED) is 0.752. The van der Waals surface area contributed by atoms with Crippen LogP contribution >= 0.6 is 11.3 Å². The minimum absolute atomic E-state index is 0.158. The van der Waals surface area contributed by atoms with Crippen molar-refractivity contribution in [2.45, 2.75) is 57.1 Å². The summed E-state index contributed by atoms with van der Waals surface area (Å²) in [4.78, 5) is 36.6. The Morgan fingerprint density at radius 1 is 1.24 bits per heavy atom. The van der Waals surface area contributed by atoms with Crippen molar-refractivity contribution in [3.63, 3.8) is 0 Å². The van der Waals surface area contributed by atoms with Crippen molar-refractivity contribution in [1.29, 1.82) is 0 Å². The van der Waals surface area contributed by atoms with Crippen LogP contribution in [-0.2, 0) is 4.74 Å². The first-order chi connectivity index (χ1) is 14.1. The van der Waals surface area contributed by atoms with Crippen LogP contribution in [-0.4, -0.2) is 69.5 Å². The molecule has 156 valence electrons. The molecule has 3 aliphatic rings. The number of carbonyl (C=O) groups excluding carboxylic acids is 1. The predicted molar refractivity (Wildman–Crippen MR) is 112 cm³/mol. The monoisotopic (exact) mass is 416 g/mol. The lowest BCUT2D eigenvalue weighted by molar-refractivity contribution is -0.156. The van der Waals surface area contributed by atoms with Crippen molar-refractivity contribution < 1.29 is 9.53 Å². The van der Waals surface area contributed by atoms with Gasteiger partial charge in [-0.15, -0.1) is 11.3 Å². The van der Waals surface area contributed by atoms with E-state index in [4.69, 9.17) is 4.74 Å². The van der Waals surface area contributed by atoms with Crippen molar-refractivity contribution in [2.24, 2.45) is 0 Å². The van der Waals surface area contributed by atoms with Gasteiger partial charge in [-0.2, -0.15) is 0 Å². The Morgan fingerprint density at radius 3 is 2.90 bits per heavy atom. The molecule has 0 unspecified atom stereocenters. The molecule has 0 aromatic carbocycles. The number of nitrogens with zero attached hydrogens (tertiary/aromatic N) is 4. The summed E-state index contributed by atoms with van der Waals surface area (Å²) in [6, 6.07) is 0.371. The fourth-order valence-electron chi connectivity index (χ4n) is 5.41. The Balaban J connectivity index is 1.43. The first-order valence-electron chi connectivity index (χ1n) is 10.7. The Morgan fingerprint density at radius 2 is 2.07 bits per heavy atom. The number of hydrogen-bond acceptors (Lipinski definition) is 6. The third kappa shape index (κ3) is 3.31. The van der Waals surface area contributed by atoms with Crippen LogP contribution in [0.5, 0.6) is 0 Å². The highest BCUT2D eigenvalue weighted by molar-refractivity contribution is 7.16. The van der Waals surface area contributed by atoms with Crippen LogP contribution in [0.2, 0.25) is 0 Å². The van der Waals surface area contributed by atoms with Gasteiger partial charge in [0, 0.05) is 29.9 Å². The van der Waals surface area contributed by atoms with E-state index in [1.807, 2.05) is 11.8 Å². The fourth-order valence-corrected chi connectivity index (χ4v) is 6.19. The molecule has 4 heterocycles. The lowest BCUT2D eigenvalue weighted by atomic mass is 9.78. The molecule has 3 fully saturated rings. The average Bonchev–Trinajstić information content (AvgIpc) is 3.38. The third-order valence-electron chi connectivity index (χ3n) is 6.77. The normalized spacial score (nSPS) is 28.4. The summed E-state index contributed by atoms with van der Waals surface area (Å²) >= 11 is 1.46. The SMILES string of the molecule is Cc1cn2c(=O)c(C(=O)N3CCO[C@]4(CCCC[C@@H]4N4CCCC4)C3)cnc2s1. The minimum Gasteiger partial charge on any atom is -0.370 e. The van der Waals surface area contributed by atoms with Gasteiger partial charge in [-0.05, 0) is 45.7 Å². The number of aromatic nitrogens is 2. The first kappa shape index (κ1) is 19.2. The number of ether oxygens (including phenoxy) is 1. The van der Waals surface area contributed by atoms with Crippen LogP contribution in [0.4, 0.5) is 0 Å². The smallest absolute Gasteiger partial charge is 0.271 e. The maximum Gasteiger partial charge on any atom is 0.271 e. The Kier molecular flexibility index (Phi) is 4.96. The molecular formula is C21H28N4O3S. The number of thiazole rings is 1. The number of morpholine rings is 1. The van der Waals surface area contributed by atoms with Gasteiger partial charge in [-0.25, -0.2) is 4.98 Å². The van der Waals surface area contributed by atoms with Gasteiger partial charge in [-0.3, -0.25) is 18.9 Å². The zero-order chi connectivity index (χ0) is 20.0. The van der Waals surface area contributed by atoms with Gasteiger partial charge in [0.2, 0.25) is 0 Å². The van der Waals surface area contributed by atoms with Crippen molar-refractivity contribution in [3.05, 3.63) is 33.2 Å². The second-order valence-corrected chi connectivity index (χ2v) is 9.83. The summed E-state index contributed by atoms with van der Waals surface area (Å²) in [5, 5.41) is 0. The van der Waals surface area contributed by atoms with E-state index in [0.29, 0.717) is 30.7 Å². The molecule has 0 N–H and O–H groups in total. The van der Waals surface area contributed by atoms with Gasteiger partial charge in [0.1, 0.15) is 11.2 Å². The number of aryl methyl sites for hydroxylation is 1. The molecule has 29 heavy (non-hydrogen) atoms. The third-order valence-corrected chi connectivity index (χ3v) is 7.68. The van der Waals surface area contributed by atoms with Gasteiger partial charge in [-0.1, -0.05) is 12.8 Å². The van der Waals surface area contributed by atoms with Gasteiger partial charge < -0.3 is 9.64 Å². The molecule has 8 heteroatoms. The fraction of sp³-hybridized carbons (Fsp3) is 0.667. The molecule has 2 aliphatic heterocycles. The van der Waals surface area contributed by atoms with Gasteiger partial charge in [0.05, 0.1) is 13.2 Å². The number of fused-ring (bicyclic) bond motifs is 1. The molecular weight excluding hydrogens is 388 g/mol. The van der Waals surface area contributed by atoms with Crippen molar-refractivity contribution >= 4 is 22.2 Å². The summed E-state index contributed by atoms with van der Waals surface area (Å²) in [6.45, 7) is 5.82. The number of likely N-dealkylation sites (tertiary alicyclic amines) is 1. The summed E-state index contributed by atoms with van der Waals surface area (Å²) in [6.07, 6.45) is 10.2. The van der Waals surface area contributed by atoms with Crippen molar-refractivity contribution in [2.75, 3.05) is 32.8 Å². The Labute approximate surface area is 174 Å². The summed E-state index contributed by atoms with van der Waals surface area (Å²) in [7, 11) is 0. The topological polar surface area (TPSA) is 67.2 Å². The zero-order valence-corrected chi connectivity index (χ0v) is 17.7. The van der Waals surface area contributed by atoms with Crippen LogP contribution in [0.15, 0.2) is 17.2 Å². The molecule has 2 aromatic heterocycles. The highest BCUT2D eigenvalue weighted by Crippen LogP contribution is 2.39. The summed E-state index contributed by atoms with van der Waals surface area (Å²) in [5.74, 6) is -0.214. The number of amides is 1. The molecule has 2 atom stereocenters. The van der Waals surface area contributed by atoms with Crippen molar-refractivity contribution in [3.8, 4) is 0 Å². The predicted octanol–water partition coefficient (Wildman–Crippen LogP) is 2.31. The van der Waals surface area contributed by atoms with Gasteiger partial charge >= 0.3 is 0 Å². The second-order valence-electron chi connectivity index (χ2n) is 8.62. The van der Waals surface area contributed by atoms with E-state index in [-0.39, 0.29) is 22.6 Å². The molecule has 0 radical (unpaired) electrons. The van der Waals surface area contributed by atoms with Gasteiger partial charge in [0.25, 0.3) is 11.5 Å². The minimum atomic E-state index is -0.302. The molecule has 2 aromatic rings. The molecule has 0 bridgehead atoms. The number of hydrogen-bond donors (Lipinski definition) is 0. The molecule has 7 nitrogen and oxygen atoms in total. The van der Waals surface area contributed by atoms with Crippen LogP contribution in [0, 0.1) is 6.92 Å². The van der Waals surface area contributed by atoms with E-state index in [9.17, 15) is 9.59 Å². The van der Waals surface area contributed by atoms with E-state index in [2.05, 4.69) is 9.88 Å². The van der Waals surface area contributed by atoms with Crippen LogP contribution in [0.1, 0.15) is 53.8 Å². The Hall–Kier alpha value is -1.77. The van der Waals surface area contributed by atoms with Crippen molar-refractivity contribution in [1.82, 2.24) is 19.2 Å². The highest BCUT2D eigenvalue weighted by Gasteiger charge is 2.49. The molecule has 1 amide bonds. The van der Waals surface area contributed by atoms with Crippen LogP contribution in [0.3, 0.4) is 0 Å². The largest absolute Gasteiger partial charge is 0.370 e. The molecule has 1 spiro atoms. The van der Waals surface area contributed by atoms with Crippen LogP contribution < -0.4 is 5.56 Å². The van der Waals surface area contributed by atoms with Crippen LogP contribution in [0.25, 0.3) is 4.96 Å². The maximum absolute atomic E-state index is 13.3. The lowest BCUT2D eigenvalue weighted by Crippen LogP contribution is -2.64. The average molecular weight is 417 g/mol. The molecule has 2 saturated heterocycles. The van der Waals surface area contributed by atoms with Gasteiger partial charge in [0.15, 0.2) is 4.96 Å².